The number of morpholine rings is 1. The second-order valence-corrected chi connectivity index (χ2v) is 6.00. The Morgan fingerprint density at radius 2 is 2.22 bits per heavy atom. The Kier molecular flexibility index (Phi) is 5.64. The molecular formula is C16H26N4O3. The molecule has 2 aliphatic heterocycles. The van der Waals surface area contributed by atoms with Crippen molar-refractivity contribution in [2.45, 2.75) is 26.0 Å². The predicted molar refractivity (Wildman–Crippen MR) is 85.0 cm³/mol. The topological polar surface area (TPSA) is 68.6 Å². The SMILES string of the molecule is CCn1nccc1[C@@H]1OCC[C@H]1C(=O)NCCN1CCOCC1. The number of carbonyl (C=O) groups excluding carboxylic acids is 1. The summed E-state index contributed by atoms with van der Waals surface area (Å²) in [7, 11) is 0. The number of hydrogen-bond donors (Lipinski definition) is 1. The Morgan fingerprint density at radius 1 is 1.39 bits per heavy atom. The van der Waals surface area contributed by atoms with E-state index in [9.17, 15) is 4.79 Å². The van der Waals surface area contributed by atoms with Gasteiger partial charge in [-0.3, -0.25) is 14.4 Å². The minimum atomic E-state index is -0.180. The van der Waals surface area contributed by atoms with Crippen LogP contribution in [0.15, 0.2) is 12.3 Å². The van der Waals surface area contributed by atoms with Crippen LogP contribution in [0.3, 0.4) is 0 Å². The lowest BCUT2D eigenvalue weighted by molar-refractivity contribution is -0.127. The second kappa shape index (κ2) is 7.90. The molecule has 3 rings (SSSR count). The first kappa shape index (κ1) is 16.4. The van der Waals surface area contributed by atoms with Crippen LogP contribution in [-0.2, 0) is 20.8 Å². The molecule has 2 fully saturated rings. The lowest BCUT2D eigenvalue weighted by Gasteiger charge is -2.27. The van der Waals surface area contributed by atoms with Gasteiger partial charge in [0.05, 0.1) is 24.8 Å². The van der Waals surface area contributed by atoms with Gasteiger partial charge in [0.15, 0.2) is 0 Å². The summed E-state index contributed by atoms with van der Waals surface area (Å²) in [5.74, 6) is -0.0358. The van der Waals surface area contributed by atoms with E-state index in [0.29, 0.717) is 13.2 Å². The maximum Gasteiger partial charge on any atom is 0.226 e. The van der Waals surface area contributed by atoms with Gasteiger partial charge in [0.25, 0.3) is 0 Å². The van der Waals surface area contributed by atoms with Crippen LogP contribution in [-0.4, -0.2) is 66.6 Å². The van der Waals surface area contributed by atoms with Crippen molar-refractivity contribution in [3.8, 4) is 0 Å². The van der Waals surface area contributed by atoms with Crippen molar-refractivity contribution in [1.29, 1.82) is 0 Å². The van der Waals surface area contributed by atoms with Crippen molar-refractivity contribution in [3.05, 3.63) is 18.0 Å². The van der Waals surface area contributed by atoms with Gasteiger partial charge in [0.1, 0.15) is 6.10 Å². The first-order valence-electron chi connectivity index (χ1n) is 8.50. The minimum Gasteiger partial charge on any atom is -0.379 e. The van der Waals surface area contributed by atoms with Crippen LogP contribution in [0.25, 0.3) is 0 Å². The second-order valence-electron chi connectivity index (χ2n) is 6.00. The number of nitrogens with one attached hydrogen (secondary N) is 1. The van der Waals surface area contributed by atoms with Crippen LogP contribution < -0.4 is 5.32 Å². The molecule has 7 nitrogen and oxygen atoms in total. The first-order chi connectivity index (χ1) is 11.3. The van der Waals surface area contributed by atoms with Gasteiger partial charge < -0.3 is 14.8 Å². The highest BCUT2D eigenvalue weighted by atomic mass is 16.5. The smallest absolute Gasteiger partial charge is 0.226 e. The number of aryl methyl sites for hydroxylation is 1. The number of aromatic nitrogens is 2. The number of rotatable bonds is 6. The zero-order chi connectivity index (χ0) is 16.1. The van der Waals surface area contributed by atoms with Crippen molar-refractivity contribution >= 4 is 5.91 Å². The van der Waals surface area contributed by atoms with Crippen LogP contribution in [0, 0.1) is 5.92 Å². The maximum absolute atomic E-state index is 12.5. The highest BCUT2D eigenvalue weighted by Crippen LogP contribution is 2.34. The van der Waals surface area contributed by atoms with E-state index >= 15 is 0 Å². The Hall–Kier alpha value is -1.44. The standard InChI is InChI=1S/C16H26N4O3/c1-2-20-14(3-5-18-20)15-13(4-10-23-15)16(21)17-6-7-19-8-11-22-12-9-19/h3,5,13,15H,2,4,6-12H2,1H3,(H,17,21)/t13-,15-/m1/s1. The largest absolute Gasteiger partial charge is 0.379 e. The normalized spacial score (nSPS) is 25.6. The average Bonchev–Trinajstić information content (AvgIpc) is 3.24. The van der Waals surface area contributed by atoms with E-state index in [1.54, 1.807) is 6.20 Å². The van der Waals surface area contributed by atoms with Gasteiger partial charge in [-0.1, -0.05) is 0 Å². The Balaban J connectivity index is 1.51. The number of carbonyl (C=O) groups is 1. The molecule has 1 aromatic rings. The summed E-state index contributed by atoms with van der Waals surface area (Å²) < 4.78 is 13.1. The Labute approximate surface area is 136 Å². The van der Waals surface area contributed by atoms with E-state index in [0.717, 1.165) is 51.5 Å². The molecule has 1 amide bonds. The van der Waals surface area contributed by atoms with E-state index in [1.807, 2.05) is 17.7 Å². The van der Waals surface area contributed by atoms with Crippen molar-refractivity contribution in [2.24, 2.45) is 5.92 Å². The van der Waals surface area contributed by atoms with Crippen LogP contribution >= 0.6 is 0 Å². The summed E-state index contributed by atoms with van der Waals surface area (Å²) in [6.07, 6.45) is 2.36. The van der Waals surface area contributed by atoms with E-state index < -0.39 is 0 Å². The summed E-state index contributed by atoms with van der Waals surface area (Å²) in [6.45, 7) is 8.47. The predicted octanol–water partition coefficient (Wildman–Crippen LogP) is 0.429. The highest BCUT2D eigenvalue weighted by Gasteiger charge is 2.36. The molecule has 2 saturated heterocycles. The number of amides is 1. The van der Waals surface area contributed by atoms with Crippen LogP contribution in [0.4, 0.5) is 0 Å². The van der Waals surface area contributed by atoms with Gasteiger partial charge >= 0.3 is 0 Å². The molecule has 3 heterocycles. The molecule has 2 atom stereocenters. The fourth-order valence-electron chi connectivity index (χ4n) is 3.29. The van der Waals surface area contributed by atoms with Gasteiger partial charge in [-0.2, -0.15) is 5.10 Å². The highest BCUT2D eigenvalue weighted by molar-refractivity contribution is 5.79. The van der Waals surface area contributed by atoms with Gasteiger partial charge in [-0.05, 0) is 19.4 Å². The Bertz CT molecular complexity index is 513. The van der Waals surface area contributed by atoms with Crippen LogP contribution in [0.1, 0.15) is 25.1 Å². The van der Waals surface area contributed by atoms with Crippen molar-refractivity contribution in [3.63, 3.8) is 0 Å². The third kappa shape index (κ3) is 3.91. The zero-order valence-electron chi connectivity index (χ0n) is 13.7. The van der Waals surface area contributed by atoms with Crippen LogP contribution in [0.5, 0.6) is 0 Å². The summed E-state index contributed by atoms with van der Waals surface area (Å²) in [5, 5.41) is 7.35. The molecule has 0 aromatic carbocycles. The van der Waals surface area contributed by atoms with E-state index in [1.165, 1.54) is 0 Å². The first-order valence-corrected chi connectivity index (χ1v) is 8.50. The quantitative estimate of drug-likeness (QED) is 0.822. The van der Waals surface area contributed by atoms with E-state index in [-0.39, 0.29) is 17.9 Å². The molecule has 0 saturated carbocycles. The van der Waals surface area contributed by atoms with E-state index in [2.05, 4.69) is 15.3 Å². The van der Waals surface area contributed by atoms with Gasteiger partial charge in [-0.15, -0.1) is 0 Å². The molecule has 0 aliphatic carbocycles. The number of nitrogens with zero attached hydrogens (tertiary/aromatic N) is 3. The lowest BCUT2D eigenvalue weighted by atomic mass is 9.98. The summed E-state index contributed by atoms with van der Waals surface area (Å²) >= 11 is 0. The Morgan fingerprint density at radius 3 is 3.00 bits per heavy atom. The zero-order valence-corrected chi connectivity index (χ0v) is 13.7. The summed E-state index contributed by atoms with van der Waals surface area (Å²) in [4.78, 5) is 14.8. The molecule has 0 spiro atoms. The summed E-state index contributed by atoms with van der Waals surface area (Å²) in [6, 6.07) is 1.95. The van der Waals surface area contributed by atoms with Crippen molar-refractivity contribution in [1.82, 2.24) is 20.0 Å². The molecule has 2 aliphatic rings. The molecule has 0 unspecified atom stereocenters. The van der Waals surface area contributed by atoms with Crippen molar-refractivity contribution in [2.75, 3.05) is 46.0 Å². The van der Waals surface area contributed by atoms with Crippen molar-refractivity contribution < 1.29 is 14.3 Å². The van der Waals surface area contributed by atoms with Gasteiger partial charge in [-0.25, -0.2) is 0 Å². The van der Waals surface area contributed by atoms with Gasteiger partial charge in [0.2, 0.25) is 5.91 Å². The van der Waals surface area contributed by atoms with Crippen LogP contribution in [0.2, 0.25) is 0 Å². The molecule has 1 aromatic heterocycles. The van der Waals surface area contributed by atoms with Gasteiger partial charge in [0, 0.05) is 45.5 Å². The minimum absolute atomic E-state index is 0.0876. The average molecular weight is 322 g/mol. The maximum atomic E-state index is 12.5. The molecule has 0 radical (unpaired) electrons. The number of hydrogen-bond acceptors (Lipinski definition) is 5. The molecular weight excluding hydrogens is 296 g/mol. The monoisotopic (exact) mass is 322 g/mol. The number of ether oxygens (including phenoxy) is 2. The third-order valence-corrected chi connectivity index (χ3v) is 4.60. The molecule has 7 heteroatoms. The van der Waals surface area contributed by atoms with E-state index in [4.69, 9.17) is 9.47 Å². The third-order valence-electron chi connectivity index (χ3n) is 4.60. The fourth-order valence-corrected chi connectivity index (χ4v) is 3.29. The molecule has 128 valence electrons. The molecule has 23 heavy (non-hydrogen) atoms. The molecule has 0 bridgehead atoms. The fraction of sp³-hybridized carbons (Fsp3) is 0.750. The summed E-state index contributed by atoms with van der Waals surface area (Å²) in [5.41, 5.74) is 0.998. The molecule has 1 N–H and O–H groups in total. The lowest BCUT2D eigenvalue weighted by Crippen LogP contribution is -2.42.